The predicted molar refractivity (Wildman–Crippen MR) is 80.5 cm³/mol. The molecule has 0 aliphatic rings. The van der Waals surface area contributed by atoms with E-state index in [2.05, 4.69) is 30.5 Å². The predicted octanol–water partition coefficient (Wildman–Crippen LogP) is 3.23. The summed E-state index contributed by atoms with van der Waals surface area (Å²) in [6, 6.07) is 8.09. The molecule has 1 aromatic rings. The number of urea groups is 1. The second kappa shape index (κ2) is 7.79. The summed E-state index contributed by atoms with van der Waals surface area (Å²) in [5, 5.41) is 6.41. The number of benzene rings is 1. The van der Waals surface area contributed by atoms with Gasteiger partial charge >= 0.3 is 6.03 Å². The average molecular weight is 263 g/mol. The van der Waals surface area contributed by atoms with Gasteiger partial charge in [-0.2, -0.15) is 0 Å². The Bertz CT molecular complexity index is 406. The Balaban J connectivity index is 2.80. The zero-order chi connectivity index (χ0) is 14.3. The minimum Gasteiger partial charge on any atom is -0.328 e. The summed E-state index contributed by atoms with van der Waals surface area (Å²) in [5.41, 5.74) is 2.00. The Morgan fingerprint density at radius 2 is 2.00 bits per heavy atom. The molecule has 0 bridgehead atoms. The zero-order valence-corrected chi connectivity index (χ0v) is 12.4. The molecule has 0 spiro atoms. The van der Waals surface area contributed by atoms with Crippen LogP contribution in [-0.4, -0.2) is 31.1 Å². The van der Waals surface area contributed by atoms with E-state index in [4.69, 9.17) is 0 Å². The van der Waals surface area contributed by atoms with Gasteiger partial charge in [0.2, 0.25) is 0 Å². The van der Waals surface area contributed by atoms with Gasteiger partial charge in [0.15, 0.2) is 0 Å². The van der Waals surface area contributed by atoms with Crippen molar-refractivity contribution in [3.05, 3.63) is 29.8 Å². The molecule has 1 unspecified atom stereocenters. The van der Waals surface area contributed by atoms with Crippen molar-refractivity contribution >= 4 is 11.7 Å². The van der Waals surface area contributed by atoms with E-state index in [1.165, 1.54) is 0 Å². The van der Waals surface area contributed by atoms with Crippen molar-refractivity contribution < 1.29 is 4.79 Å². The van der Waals surface area contributed by atoms with Gasteiger partial charge in [-0.15, -0.1) is 0 Å². The zero-order valence-electron chi connectivity index (χ0n) is 12.4. The first kappa shape index (κ1) is 15.5. The molecule has 0 aromatic heterocycles. The minimum absolute atomic E-state index is 0.0716. The third-order valence-electron chi connectivity index (χ3n) is 3.19. The van der Waals surface area contributed by atoms with E-state index in [-0.39, 0.29) is 12.1 Å². The highest BCUT2D eigenvalue weighted by Gasteiger charge is 2.13. The van der Waals surface area contributed by atoms with E-state index in [0.29, 0.717) is 6.54 Å². The number of amides is 2. The number of hydrogen-bond donors (Lipinski definition) is 2. The molecule has 2 N–H and O–H groups in total. The Morgan fingerprint density at radius 1 is 1.32 bits per heavy atom. The Hall–Kier alpha value is -1.55. The van der Waals surface area contributed by atoms with Gasteiger partial charge < -0.3 is 15.5 Å². The van der Waals surface area contributed by atoms with E-state index < -0.39 is 0 Å². The molecular weight excluding hydrogens is 238 g/mol. The van der Waals surface area contributed by atoms with Crippen LogP contribution in [0, 0.1) is 0 Å². The van der Waals surface area contributed by atoms with E-state index in [9.17, 15) is 4.79 Å². The highest BCUT2D eigenvalue weighted by atomic mass is 16.2. The highest BCUT2D eigenvalue weighted by Crippen LogP contribution is 2.22. The number of rotatable bonds is 6. The smallest absolute Gasteiger partial charge is 0.321 e. The van der Waals surface area contributed by atoms with Crippen LogP contribution in [0.25, 0.3) is 0 Å². The number of carbonyl (C=O) groups is 1. The second-order valence-electron chi connectivity index (χ2n) is 4.71. The number of nitrogens with zero attached hydrogens (tertiary/aromatic N) is 1. The van der Waals surface area contributed by atoms with Gasteiger partial charge in [-0.05, 0) is 38.4 Å². The van der Waals surface area contributed by atoms with Crippen LogP contribution in [0.2, 0.25) is 0 Å². The number of para-hydroxylation sites is 1. The first-order valence-corrected chi connectivity index (χ1v) is 6.94. The van der Waals surface area contributed by atoms with Gasteiger partial charge in [0.25, 0.3) is 0 Å². The molecule has 0 fully saturated rings. The quantitative estimate of drug-likeness (QED) is 0.827. The van der Waals surface area contributed by atoms with E-state index in [1.54, 1.807) is 11.9 Å². The number of nitrogens with one attached hydrogen (secondary N) is 2. The van der Waals surface area contributed by atoms with Crippen LogP contribution in [0.15, 0.2) is 24.3 Å². The van der Waals surface area contributed by atoms with Crippen LogP contribution < -0.4 is 10.6 Å². The highest BCUT2D eigenvalue weighted by molar-refractivity contribution is 5.90. The molecule has 2 amide bonds. The van der Waals surface area contributed by atoms with Crippen molar-refractivity contribution in [3.8, 4) is 0 Å². The molecule has 19 heavy (non-hydrogen) atoms. The van der Waals surface area contributed by atoms with E-state index >= 15 is 0 Å². The molecule has 1 atom stereocenters. The lowest BCUT2D eigenvalue weighted by Crippen LogP contribution is -2.31. The third-order valence-corrected chi connectivity index (χ3v) is 3.19. The summed E-state index contributed by atoms with van der Waals surface area (Å²) in [4.78, 5) is 13.6. The second-order valence-corrected chi connectivity index (χ2v) is 4.71. The molecule has 0 heterocycles. The summed E-state index contributed by atoms with van der Waals surface area (Å²) in [7, 11) is 1.79. The van der Waals surface area contributed by atoms with Gasteiger partial charge in [0.1, 0.15) is 0 Å². The Morgan fingerprint density at radius 3 is 2.63 bits per heavy atom. The maximum atomic E-state index is 11.9. The maximum absolute atomic E-state index is 11.9. The normalized spacial score (nSPS) is 12.0. The number of carbonyl (C=O) groups excluding carboxylic acids is 1. The summed E-state index contributed by atoms with van der Waals surface area (Å²) in [5.74, 6) is 0. The summed E-state index contributed by atoms with van der Waals surface area (Å²) in [6.07, 6.45) is 1.09. The van der Waals surface area contributed by atoms with Crippen LogP contribution >= 0.6 is 0 Å². The van der Waals surface area contributed by atoms with E-state index in [0.717, 1.165) is 24.2 Å². The lowest BCUT2D eigenvalue weighted by molar-refractivity contribution is 0.224. The molecule has 1 aromatic carbocycles. The summed E-state index contributed by atoms with van der Waals surface area (Å²) in [6.45, 7) is 7.88. The summed E-state index contributed by atoms with van der Waals surface area (Å²) >= 11 is 0. The lowest BCUT2D eigenvalue weighted by Gasteiger charge is -2.20. The van der Waals surface area contributed by atoms with Crippen LogP contribution in [0.3, 0.4) is 0 Å². The van der Waals surface area contributed by atoms with Gasteiger partial charge in [0.05, 0.1) is 0 Å². The first-order valence-electron chi connectivity index (χ1n) is 6.94. The molecule has 4 heteroatoms. The molecule has 4 nitrogen and oxygen atoms in total. The van der Waals surface area contributed by atoms with Crippen molar-refractivity contribution in [3.63, 3.8) is 0 Å². The van der Waals surface area contributed by atoms with Crippen LogP contribution in [-0.2, 0) is 0 Å². The molecular formula is C15H25N3O. The standard InChI is InChI=1S/C15H25N3O/c1-5-11-16-12(3)13-9-7-8-10-14(13)17-15(19)18(4)6-2/h7-10,12,16H,5-6,11H2,1-4H3,(H,17,19). The van der Waals surface area contributed by atoms with Crippen molar-refractivity contribution in [1.82, 2.24) is 10.2 Å². The van der Waals surface area contributed by atoms with Gasteiger partial charge in [-0.25, -0.2) is 4.79 Å². The molecule has 0 saturated carbocycles. The van der Waals surface area contributed by atoms with Crippen LogP contribution in [0.1, 0.15) is 38.8 Å². The topological polar surface area (TPSA) is 44.4 Å². The largest absolute Gasteiger partial charge is 0.328 e. The molecule has 0 saturated heterocycles. The van der Waals surface area contributed by atoms with Gasteiger partial charge in [0, 0.05) is 25.3 Å². The van der Waals surface area contributed by atoms with Crippen molar-refractivity contribution in [2.75, 3.05) is 25.5 Å². The van der Waals surface area contributed by atoms with Crippen LogP contribution in [0.5, 0.6) is 0 Å². The van der Waals surface area contributed by atoms with Crippen molar-refractivity contribution in [2.24, 2.45) is 0 Å². The van der Waals surface area contributed by atoms with Crippen molar-refractivity contribution in [2.45, 2.75) is 33.2 Å². The molecule has 0 aliphatic heterocycles. The SMILES string of the molecule is CCCNC(C)c1ccccc1NC(=O)N(C)CC. The molecule has 0 radical (unpaired) electrons. The van der Waals surface area contributed by atoms with Crippen LogP contribution in [0.4, 0.5) is 10.5 Å². The summed E-state index contributed by atoms with van der Waals surface area (Å²) < 4.78 is 0. The Kier molecular flexibility index (Phi) is 6.36. The number of hydrogen-bond acceptors (Lipinski definition) is 2. The lowest BCUT2D eigenvalue weighted by atomic mass is 10.1. The van der Waals surface area contributed by atoms with Gasteiger partial charge in [-0.1, -0.05) is 25.1 Å². The fourth-order valence-electron chi connectivity index (χ4n) is 1.81. The van der Waals surface area contributed by atoms with Crippen molar-refractivity contribution in [1.29, 1.82) is 0 Å². The number of anilines is 1. The van der Waals surface area contributed by atoms with E-state index in [1.807, 2.05) is 25.1 Å². The molecule has 0 aliphatic carbocycles. The first-order chi connectivity index (χ1) is 9.10. The van der Waals surface area contributed by atoms with Gasteiger partial charge in [-0.3, -0.25) is 0 Å². The average Bonchev–Trinajstić information content (AvgIpc) is 2.44. The monoisotopic (exact) mass is 263 g/mol. The third kappa shape index (κ3) is 4.56. The maximum Gasteiger partial charge on any atom is 0.321 e. The molecule has 106 valence electrons. The molecule has 1 rings (SSSR count). The fourth-order valence-corrected chi connectivity index (χ4v) is 1.81. The minimum atomic E-state index is -0.0716. The Labute approximate surface area is 116 Å². The fraction of sp³-hybridized carbons (Fsp3) is 0.533.